The average Bonchev–Trinajstić information content (AvgIpc) is 3.12. The first-order valence-electron chi connectivity index (χ1n) is 10.8. The van der Waals surface area contributed by atoms with Crippen molar-refractivity contribution in [2.24, 2.45) is 4.99 Å². The molecule has 4 rings (SSSR count). The van der Waals surface area contributed by atoms with Crippen molar-refractivity contribution in [3.8, 4) is 11.8 Å². The van der Waals surface area contributed by atoms with Crippen molar-refractivity contribution >= 4 is 23.4 Å². The van der Waals surface area contributed by atoms with Gasteiger partial charge in [0, 0.05) is 5.56 Å². The number of hydrogen-bond donors (Lipinski definition) is 0. The molecule has 1 unspecified atom stereocenters. The Balaban J connectivity index is 1.93. The molecular formula is C26H23N3O4S. The van der Waals surface area contributed by atoms with Crippen LogP contribution in [0.3, 0.4) is 0 Å². The fraction of sp³-hybridized carbons (Fsp3) is 0.231. The summed E-state index contributed by atoms with van der Waals surface area (Å²) in [6, 6.07) is 16.2. The van der Waals surface area contributed by atoms with Gasteiger partial charge in [0.1, 0.15) is 11.8 Å². The molecule has 1 aliphatic rings. The maximum absolute atomic E-state index is 13.6. The summed E-state index contributed by atoms with van der Waals surface area (Å²) < 4.78 is 12.8. The molecule has 0 spiro atoms. The van der Waals surface area contributed by atoms with E-state index in [4.69, 9.17) is 14.7 Å². The highest BCUT2D eigenvalue weighted by atomic mass is 32.1. The molecule has 0 bridgehead atoms. The van der Waals surface area contributed by atoms with E-state index in [1.807, 2.05) is 49.4 Å². The van der Waals surface area contributed by atoms with Gasteiger partial charge in [0.05, 0.1) is 28.5 Å². The lowest BCUT2D eigenvalue weighted by atomic mass is 9.95. The number of aromatic nitrogens is 1. The van der Waals surface area contributed by atoms with Crippen molar-refractivity contribution in [3.05, 3.63) is 96.2 Å². The fourth-order valence-corrected chi connectivity index (χ4v) is 4.88. The molecule has 2 aromatic carbocycles. The topological polar surface area (TPSA) is 93.7 Å². The highest BCUT2D eigenvalue weighted by Crippen LogP contribution is 2.30. The number of carbonyl (C=O) groups is 1. The monoisotopic (exact) mass is 473 g/mol. The van der Waals surface area contributed by atoms with Gasteiger partial charge in [0.2, 0.25) is 0 Å². The lowest BCUT2D eigenvalue weighted by Gasteiger charge is -2.24. The third-order valence-corrected chi connectivity index (χ3v) is 6.39. The molecule has 3 aromatic rings. The summed E-state index contributed by atoms with van der Waals surface area (Å²) in [4.78, 5) is 31.6. The zero-order valence-electron chi connectivity index (χ0n) is 19.1. The van der Waals surface area contributed by atoms with E-state index in [1.54, 1.807) is 36.6 Å². The molecule has 0 aliphatic carbocycles. The minimum atomic E-state index is -0.650. The predicted molar refractivity (Wildman–Crippen MR) is 129 cm³/mol. The smallest absolute Gasteiger partial charge is 0.338 e. The van der Waals surface area contributed by atoms with Crippen LogP contribution < -0.4 is 19.6 Å². The summed E-state index contributed by atoms with van der Waals surface area (Å²) in [5.74, 6) is 0.0206. The van der Waals surface area contributed by atoms with E-state index in [1.165, 1.54) is 11.3 Å². The standard InChI is InChI=1S/C26H23N3O4S/c1-4-32-25(31)22-17(3)28-26-29(23(22)18-11-9-16(2)10-12-18)24(30)21(34-26)15-19-7-5-6-8-20(19)33-14-13-27/h5-12,15,23H,4,14H2,1-3H3/b21-15-. The van der Waals surface area contributed by atoms with Crippen LogP contribution in [0.4, 0.5) is 0 Å². The molecule has 1 atom stereocenters. The molecule has 0 fully saturated rings. The number of allylic oxidation sites excluding steroid dienone is 1. The highest BCUT2D eigenvalue weighted by molar-refractivity contribution is 7.07. The SMILES string of the molecule is CCOC(=O)C1=C(C)N=c2s/c(=C\c3ccccc3OCC#N)c(=O)n2C1c1ccc(C)cc1. The Morgan fingerprint density at radius 2 is 1.94 bits per heavy atom. The van der Waals surface area contributed by atoms with Gasteiger partial charge in [0.15, 0.2) is 11.4 Å². The second-order valence-corrected chi connectivity index (χ2v) is 8.71. The van der Waals surface area contributed by atoms with Crippen LogP contribution in [0.2, 0.25) is 0 Å². The van der Waals surface area contributed by atoms with E-state index in [0.717, 1.165) is 11.1 Å². The molecule has 0 radical (unpaired) electrons. The number of rotatable bonds is 6. The Morgan fingerprint density at radius 1 is 1.21 bits per heavy atom. The molecule has 1 aliphatic heterocycles. The van der Waals surface area contributed by atoms with E-state index < -0.39 is 12.0 Å². The molecule has 7 nitrogen and oxygen atoms in total. The van der Waals surface area contributed by atoms with E-state index in [2.05, 4.69) is 4.99 Å². The Labute approximate surface area is 200 Å². The summed E-state index contributed by atoms with van der Waals surface area (Å²) in [6.07, 6.45) is 1.73. The molecule has 172 valence electrons. The molecule has 1 aromatic heterocycles. The molecule has 0 amide bonds. The number of benzene rings is 2. The molecule has 0 saturated carbocycles. The van der Waals surface area contributed by atoms with Crippen LogP contribution >= 0.6 is 11.3 Å². The summed E-state index contributed by atoms with van der Waals surface area (Å²) in [6.45, 7) is 5.61. The second-order valence-electron chi connectivity index (χ2n) is 7.70. The number of carbonyl (C=O) groups excluding carboxylic acids is 1. The van der Waals surface area contributed by atoms with Gasteiger partial charge < -0.3 is 9.47 Å². The highest BCUT2D eigenvalue weighted by Gasteiger charge is 2.33. The van der Waals surface area contributed by atoms with Gasteiger partial charge in [-0.1, -0.05) is 59.4 Å². The van der Waals surface area contributed by atoms with E-state index in [-0.39, 0.29) is 18.8 Å². The number of thiazole rings is 1. The van der Waals surface area contributed by atoms with Gasteiger partial charge in [-0.05, 0) is 38.5 Å². The zero-order valence-corrected chi connectivity index (χ0v) is 19.9. The molecule has 34 heavy (non-hydrogen) atoms. The lowest BCUT2D eigenvalue weighted by molar-refractivity contribution is -0.139. The molecular weight excluding hydrogens is 450 g/mol. The third kappa shape index (κ3) is 4.43. The number of nitriles is 1. The van der Waals surface area contributed by atoms with Crippen LogP contribution in [-0.2, 0) is 9.53 Å². The number of ether oxygens (including phenoxy) is 2. The normalized spacial score (nSPS) is 15.4. The Morgan fingerprint density at radius 3 is 2.65 bits per heavy atom. The van der Waals surface area contributed by atoms with Crippen LogP contribution in [-0.4, -0.2) is 23.8 Å². The van der Waals surface area contributed by atoms with E-state index in [9.17, 15) is 9.59 Å². The first-order chi connectivity index (χ1) is 16.4. The molecule has 0 N–H and O–H groups in total. The number of para-hydroxylation sites is 1. The van der Waals surface area contributed by atoms with Gasteiger partial charge in [0.25, 0.3) is 5.56 Å². The van der Waals surface area contributed by atoms with Gasteiger partial charge in [-0.3, -0.25) is 9.36 Å². The van der Waals surface area contributed by atoms with Crippen molar-refractivity contribution in [2.45, 2.75) is 26.8 Å². The fourth-order valence-electron chi connectivity index (χ4n) is 3.84. The Kier molecular flexibility index (Phi) is 6.75. The van der Waals surface area contributed by atoms with Crippen molar-refractivity contribution < 1.29 is 14.3 Å². The maximum atomic E-state index is 13.6. The minimum absolute atomic E-state index is 0.0956. The Bertz CT molecular complexity index is 1490. The van der Waals surface area contributed by atoms with Crippen molar-refractivity contribution in [2.75, 3.05) is 13.2 Å². The number of aryl methyl sites for hydroxylation is 1. The van der Waals surface area contributed by atoms with Gasteiger partial charge in [-0.15, -0.1) is 0 Å². The first-order valence-corrected chi connectivity index (χ1v) is 11.6. The van der Waals surface area contributed by atoms with Crippen LogP contribution in [0.1, 0.15) is 36.6 Å². The average molecular weight is 474 g/mol. The Hall–Kier alpha value is -3.96. The number of hydrogen-bond acceptors (Lipinski definition) is 7. The minimum Gasteiger partial charge on any atom is -0.478 e. The summed E-state index contributed by atoms with van der Waals surface area (Å²) in [7, 11) is 0. The second kappa shape index (κ2) is 9.89. The zero-order chi connectivity index (χ0) is 24.2. The van der Waals surface area contributed by atoms with Crippen molar-refractivity contribution in [1.29, 1.82) is 5.26 Å². The summed E-state index contributed by atoms with van der Waals surface area (Å²) in [5.41, 5.74) is 3.16. The van der Waals surface area contributed by atoms with E-state index >= 15 is 0 Å². The van der Waals surface area contributed by atoms with Gasteiger partial charge >= 0.3 is 5.97 Å². The summed E-state index contributed by atoms with van der Waals surface area (Å²) >= 11 is 1.24. The predicted octanol–water partition coefficient (Wildman–Crippen LogP) is 3.01. The molecule has 2 heterocycles. The first kappa shape index (κ1) is 23.2. The number of fused-ring (bicyclic) bond motifs is 1. The van der Waals surface area contributed by atoms with Crippen LogP contribution in [0.5, 0.6) is 5.75 Å². The number of nitrogens with zero attached hydrogens (tertiary/aromatic N) is 3. The lowest BCUT2D eigenvalue weighted by Crippen LogP contribution is -2.39. The molecule has 8 heteroatoms. The van der Waals surface area contributed by atoms with Crippen LogP contribution in [0, 0.1) is 18.3 Å². The summed E-state index contributed by atoms with van der Waals surface area (Å²) in [5, 5.41) is 8.86. The molecule has 0 saturated heterocycles. The maximum Gasteiger partial charge on any atom is 0.338 e. The number of esters is 1. The quantitative estimate of drug-likeness (QED) is 0.513. The van der Waals surface area contributed by atoms with Crippen molar-refractivity contribution in [3.63, 3.8) is 0 Å². The van der Waals surface area contributed by atoms with Crippen LogP contribution in [0.25, 0.3) is 6.08 Å². The van der Waals surface area contributed by atoms with Gasteiger partial charge in [-0.2, -0.15) is 5.26 Å². The van der Waals surface area contributed by atoms with Gasteiger partial charge in [-0.25, -0.2) is 9.79 Å². The van der Waals surface area contributed by atoms with Crippen LogP contribution in [0.15, 0.2) is 69.6 Å². The third-order valence-electron chi connectivity index (χ3n) is 5.41. The van der Waals surface area contributed by atoms with Crippen molar-refractivity contribution in [1.82, 2.24) is 4.57 Å². The van der Waals surface area contributed by atoms with E-state index in [0.29, 0.717) is 31.9 Å². The largest absolute Gasteiger partial charge is 0.478 e.